The fourth-order valence-electron chi connectivity index (χ4n) is 2.18. The Kier molecular flexibility index (Phi) is 5.23. The molecule has 0 heterocycles. The monoisotopic (exact) mass is 303 g/mol. The first-order valence-electron chi connectivity index (χ1n) is 6.77. The minimum absolute atomic E-state index is 0.0317. The van der Waals surface area contributed by atoms with Gasteiger partial charge < -0.3 is 10.1 Å². The van der Waals surface area contributed by atoms with Crippen molar-refractivity contribution in [3.63, 3.8) is 0 Å². The molecule has 0 fully saturated rings. The molecule has 0 saturated carbocycles. The summed E-state index contributed by atoms with van der Waals surface area (Å²) < 4.78 is 5.31. The van der Waals surface area contributed by atoms with E-state index in [0.717, 1.165) is 16.9 Å². The molecule has 0 aliphatic heterocycles. The topological polar surface area (TPSA) is 38.3 Å². The second-order valence-corrected chi connectivity index (χ2v) is 5.27. The molecule has 0 saturated heterocycles. The summed E-state index contributed by atoms with van der Waals surface area (Å²) in [4.78, 5) is 12.1. The van der Waals surface area contributed by atoms with Crippen LogP contribution in [-0.4, -0.2) is 13.0 Å². The number of benzene rings is 2. The average molecular weight is 304 g/mol. The van der Waals surface area contributed by atoms with Crippen molar-refractivity contribution in [1.29, 1.82) is 0 Å². The molecule has 0 aliphatic carbocycles. The fourth-order valence-corrected chi connectivity index (χ4v) is 2.31. The fraction of sp³-hybridized carbons (Fsp3) is 0.235. The summed E-state index contributed by atoms with van der Waals surface area (Å²) in [6.07, 6.45) is 0.330. The third-order valence-corrected chi connectivity index (χ3v) is 3.51. The summed E-state index contributed by atoms with van der Waals surface area (Å²) in [5.41, 5.74) is 1.90. The quantitative estimate of drug-likeness (QED) is 0.913. The number of para-hydroxylation sites is 1. The van der Waals surface area contributed by atoms with Crippen LogP contribution in [-0.2, 0) is 11.2 Å². The van der Waals surface area contributed by atoms with Gasteiger partial charge in [-0.05, 0) is 30.7 Å². The van der Waals surface area contributed by atoms with Crippen LogP contribution in [0.5, 0.6) is 5.75 Å². The van der Waals surface area contributed by atoms with Crippen molar-refractivity contribution in [2.24, 2.45) is 0 Å². The SMILES string of the molecule is COc1ccccc1C(C)NC(=O)Cc1ccc(Cl)cc1. The lowest BCUT2D eigenvalue weighted by molar-refractivity contribution is -0.121. The Bertz CT molecular complexity index is 610. The van der Waals surface area contributed by atoms with Crippen molar-refractivity contribution in [2.75, 3.05) is 7.11 Å². The number of halogens is 1. The molecule has 1 unspecified atom stereocenters. The van der Waals surface area contributed by atoms with Crippen LogP contribution in [0.4, 0.5) is 0 Å². The van der Waals surface area contributed by atoms with E-state index in [1.54, 1.807) is 19.2 Å². The van der Waals surface area contributed by atoms with Gasteiger partial charge in [0.1, 0.15) is 5.75 Å². The highest BCUT2D eigenvalue weighted by Crippen LogP contribution is 2.24. The first-order chi connectivity index (χ1) is 10.1. The molecule has 2 aromatic carbocycles. The number of amides is 1. The van der Waals surface area contributed by atoms with Crippen LogP contribution in [0.1, 0.15) is 24.1 Å². The van der Waals surface area contributed by atoms with Crippen LogP contribution in [0.15, 0.2) is 48.5 Å². The second-order valence-electron chi connectivity index (χ2n) is 4.83. The maximum atomic E-state index is 12.1. The zero-order valence-corrected chi connectivity index (χ0v) is 12.9. The second kappa shape index (κ2) is 7.14. The van der Waals surface area contributed by atoms with Crippen LogP contribution in [0, 0.1) is 0 Å². The molecule has 0 radical (unpaired) electrons. The summed E-state index contributed by atoms with van der Waals surface area (Å²) in [5, 5.41) is 3.65. The zero-order chi connectivity index (χ0) is 15.2. The molecule has 1 amide bonds. The first kappa shape index (κ1) is 15.4. The van der Waals surface area contributed by atoms with Gasteiger partial charge in [-0.3, -0.25) is 4.79 Å². The Hall–Kier alpha value is -2.00. The lowest BCUT2D eigenvalue weighted by Gasteiger charge is -2.17. The maximum absolute atomic E-state index is 12.1. The molecule has 21 heavy (non-hydrogen) atoms. The van der Waals surface area contributed by atoms with E-state index in [2.05, 4.69) is 5.32 Å². The highest BCUT2D eigenvalue weighted by molar-refractivity contribution is 6.30. The Morgan fingerprint density at radius 2 is 1.86 bits per heavy atom. The van der Waals surface area contributed by atoms with Crippen molar-refractivity contribution < 1.29 is 9.53 Å². The predicted octanol–water partition coefficient (Wildman–Crippen LogP) is 3.77. The van der Waals surface area contributed by atoms with Crippen LogP contribution >= 0.6 is 11.6 Å². The van der Waals surface area contributed by atoms with E-state index in [-0.39, 0.29) is 11.9 Å². The van der Waals surface area contributed by atoms with Crippen LogP contribution in [0.2, 0.25) is 5.02 Å². The van der Waals surface area contributed by atoms with E-state index in [4.69, 9.17) is 16.3 Å². The molecular weight excluding hydrogens is 286 g/mol. The van der Waals surface area contributed by atoms with E-state index < -0.39 is 0 Å². The Morgan fingerprint density at radius 3 is 2.52 bits per heavy atom. The predicted molar refractivity (Wildman–Crippen MR) is 84.7 cm³/mol. The van der Waals surface area contributed by atoms with Gasteiger partial charge in [-0.1, -0.05) is 41.9 Å². The van der Waals surface area contributed by atoms with Crippen molar-refractivity contribution in [3.05, 3.63) is 64.7 Å². The average Bonchev–Trinajstić information content (AvgIpc) is 2.49. The number of hydrogen-bond donors (Lipinski definition) is 1. The van der Waals surface area contributed by atoms with Gasteiger partial charge in [0.05, 0.1) is 19.6 Å². The van der Waals surface area contributed by atoms with E-state index >= 15 is 0 Å². The molecule has 1 atom stereocenters. The van der Waals surface area contributed by atoms with Crippen molar-refractivity contribution in [3.8, 4) is 5.75 Å². The number of carbonyl (C=O) groups excluding carboxylic acids is 1. The van der Waals surface area contributed by atoms with E-state index in [0.29, 0.717) is 11.4 Å². The number of nitrogens with one attached hydrogen (secondary N) is 1. The molecule has 1 N–H and O–H groups in total. The standard InChI is InChI=1S/C17H18ClNO2/c1-12(15-5-3-4-6-16(15)21-2)19-17(20)11-13-7-9-14(18)10-8-13/h3-10,12H,11H2,1-2H3,(H,19,20). The zero-order valence-electron chi connectivity index (χ0n) is 12.1. The minimum atomic E-state index is -0.110. The Balaban J connectivity index is 2.00. The number of rotatable bonds is 5. The molecule has 0 aliphatic rings. The van der Waals surface area contributed by atoms with Gasteiger partial charge in [0.2, 0.25) is 5.91 Å². The van der Waals surface area contributed by atoms with Gasteiger partial charge in [-0.25, -0.2) is 0 Å². The highest BCUT2D eigenvalue weighted by atomic mass is 35.5. The van der Waals surface area contributed by atoms with Crippen molar-refractivity contribution in [2.45, 2.75) is 19.4 Å². The van der Waals surface area contributed by atoms with E-state index in [1.165, 1.54) is 0 Å². The third kappa shape index (κ3) is 4.23. The largest absolute Gasteiger partial charge is 0.496 e. The molecule has 0 aromatic heterocycles. The van der Waals surface area contributed by atoms with E-state index in [9.17, 15) is 4.79 Å². The molecule has 2 aromatic rings. The minimum Gasteiger partial charge on any atom is -0.496 e. The molecular formula is C17H18ClNO2. The summed E-state index contributed by atoms with van der Waals surface area (Å²) >= 11 is 5.83. The van der Waals surface area contributed by atoms with E-state index in [1.807, 2.05) is 43.3 Å². The van der Waals surface area contributed by atoms with Gasteiger partial charge in [-0.2, -0.15) is 0 Å². The van der Waals surface area contributed by atoms with Crippen molar-refractivity contribution in [1.82, 2.24) is 5.32 Å². The first-order valence-corrected chi connectivity index (χ1v) is 7.14. The summed E-state index contributed by atoms with van der Waals surface area (Å²) in [6, 6.07) is 14.8. The summed E-state index contributed by atoms with van der Waals surface area (Å²) in [5.74, 6) is 0.743. The summed E-state index contributed by atoms with van der Waals surface area (Å²) in [6.45, 7) is 1.94. The molecule has 0 spiro atoms. The Labute approximate surface area is 129 Å². The third-order valence-electron chi connectivity index (χ3n) is 3.26. The molecule has 3 nitrogen and oxygen atoms in total. The van der Waals surface area contributed by atoms with Gasteiger partial charge in [-0.15, -0.1) is 0 Å². The molecule has 2 rings (SSSR count). The highest BCUT2D eigenvalue weighted by Gasteiger charge is 2.13. The lowest BCUT2D eigenvalue weighted by Crippen LogP contribution is -2.28. The number of methoxy groups -OCH3 is 1. The number of carbonyl (C=O) groups is 1. The lowest BCUT2D eigenvalue weighted by atomic mass is 10.1. The van der Waals surface area contributed by atoms with Gasteiger partial charge in [0.25, 0.3) is 0 Å². The normalized spacial score (nSPS) is 11.8. The van der Waals surface area contributed by atoms with Crippen LogP contribution in [0.25, 0.3) is 0 Å². The summed E-state index contributed by atoms with van der Waals surface area (Å²) in [7, 11) is 1.63. The van der Waals surface area contributed by atoms with Gasteiger partial charge in [0.15, 0.2) is 0 Å². The number of ether oxygens (including phenoxy) is 1. The molecule has 0 bridgehead atoms. The Morgan fingerprint density at radius 1 is 1.19 bits per heavy atom. The van der Waals surface area contributed by atoms with Crippen molar-refractivity contribution >= 4 is 17.5 Å². The smallest absolute Gasteiger partial charge is 0.224 e. The number of hydrogen-bond acceptors (Lipinski definition) is 2. The van der Waals surface area contributed by atoms with Gasteiger partial charge in [0, 0.05) is 10.6 Å². The maximum Gasteiger partial charge on any atom is 0.224 e. The molecule has 110 valence electrons. The van der Waals surface area contributed by atoms with Crippen LogP contribution in [0.3, 0.4) is 0 Å². The van der Waals surface area contributed by atoms with Gasteiger partial charge >= 0.3 is 0 Å². The van der Waals surface area contributed by atoms with Crippen LogP contribution < -0.4 is 10.1 Å². The molecule has 4 heteroatoms.